The molecule has 21 heavy (non-hydrogen) atoms. The second kappa shape index (κ2) is 6.15. The van der Waals surface area contributed by atoms with Gasteiger partial charge in [0.1, 0.15) is 12.4 Å². The monoisotopic (exact) mass is 297 g/mol. The molecule has 0 bridgehead atoms. The molecule has 1 heterocycles. The maximum absolute atomic E-state index is 5.97. The molecule has 1 aromatic heterocycles. The van der Waals surface area contributed by atoms with Crippen molar-refractivity contribution in [1.82, 2.24) is 4.98 Å². The topological polar surface area (TPSA) is 22.1 Å². The van der Waals surface area contributed by atoms with Gasteiger partial charge in [-0.15, -0.1) is 11.6 Å². The summed E-state index contributed by atoms with van der Waals surface area (Å²) in [5.74, 6) is 1.27. The number of alkyl halides is 1. The number of hydrogen-bond donors (Lipinski definition) is 0. The van der Waals surface area contributed by atoms with Gasteiger partial charge in [0, 0.05) is 10.9 Å². The van der Waals surface area contributed by atoms with Crippen molar-refractivity contribution in [3.63, 3.8) is 0 Å². The van der Waals surface area contributed by atoms with Crippen LogP contribution in [-0.4, -0.2) is 4.98 Å². The summed E-state index contributed by atoms with van der Waals surface area (Å²) in [6.45, 7) is 2.49. The largest absolute Gasteiger partial charge is 0.487 e. The van der Waals surface area contributed by atoms with E-state index in [1.54, 1.807) is 0 Å². The molecule has 0 spiro atoms. The summed E-state index contributed by atoms with van der Waals surface area (Å²) < 4.78 is 5.87. The Hall–Kier alpha value is -2.06. The van der Waals surface area contributed by atoms with Gasteiger partial charge in [0.05, 0.1) is 17.1 Å². The lowest BCUT2D eigenvalue weighted by molar-refractivity contribution is 0.299. The van der Waals surface area contributed by atoms with Gasteiger partial charge in [0.2, 0.25) is 0 Å². The molecule has 0 aliphatic carbocycles. The minimum Gasteiger partial charge on any atom is -0.487 e. The number of ether oxygens (including phenoxy) is 1. The summed E-state index contributed by atoms with van der Waals surface area (Å²) in [7, 11) is 0. The summed E-state index contributed by atoms with van der Waals surface area (Å²) >= 11 is 5.97. The van der Waals surface area contributed by atoms with E-state index >= 15 is 0 Å². The van der Waals surface area contributed by atoms with E-state index in [0.29, 0.717) is 12.5 Å². The van der Waals surface area contributed by atoms with Crippen molar-refractivity contribution < 1.29 is 4.74 Å². The number of aryl methyl sites for hydroxylation is 1. The third-order valence-corrected chi connectivity index (χ3v) is 3.68. The summed E-state index contributed by atoms with van der Waals surface area (Å²) in [4.78, 5) is 4.61. The van der Waals surface area contributed by atoms with Gasteiger partial charge in [-0.25, -0.2) is 4.98 Å². The molecule has 0 aliphatic rings. The van der Waals surface area contributed by atoms with E-state index in [0.717, 1.165) is 27.9 Å². The average Bonchev–Trinajstić information content (AvgIpc) is 2.53. The van der Waals surface area contributed by atoms with Crippen molar-refractivity contribution in [2.24, 2.45) is 0 Å². The molecule has 0 saturated heterocycles. The van der Waals surface area contributed by atoms with Gasteiger partial charge in [-0.1, -0.05) is 42.0 Å². The van der Waals surface area contributed by atoms with Gasteiger partial charge in [-0.3, -0.25) is 0 Å². The first kappa shape index (κ1) is 13.9. The molecular formula is C18H16ClNO. The first-order valence-electron chi connectivity index (χ1n) is 6.89. The van der Waals surface area contributed by atoms with E-state index in [4.69, 9.17) is 16.3 Å². The summed E-state index contributed by atoms with van der Waals surface area (Å²) in [6.07, 6.45) is 0. The maximum Gasteiger partial charge on any atom is 0.130 e. The molecule has 3 aromatic rings. The fourth-order valence-electron chi connectivity index (χ4n) is 2.29. The molecule has 0 unspecified atom stereocenters. The molecule has 2 nitrogen and oxygen atoms in total. The van der Waals surface area contributed by atoms with Crippen LogP contribution in [-0.2, 0) is 12.5 Å². The number of nitrogens with zero attached hydrogens (tertiary/aromatic N) is 1. The Labute approximate surface area is 129 Å². The number of benzene rings is 2. The lowest BCUT2D eigenvalue weighted by atomic mass is 10.1. The molecule has 0 fully saturated rings. The number of para-hydroxylation sites is 1. The van der Waals surface area contributed by atoms with Gasteiger partial charge >= 0.3 is 0 Å². The SMILES string of the molecule is Cc1ccc(OCc2ccc3ccccc3n2)c(CCl)c1. The number of rotatable bonds is 4. The maximum atomic E-state index is 5.97. The van der Waals surface area contributed by atoms with Gasteiger partial charge in [0.25, 0.3) is 0 Å². The van der Waals surface area contributed by atoms with Crippen molar-refractivity contribution in [2.75, 3.05) is 0 Å². The van der Waals surface area contributed by atoms with Crippen LogP contribution in [0.5, 0.6) is 5.75 Å². The van der Waals surface area contributed by atoms with E-state index < -0.39 is 0 Å². The van der Waals surface area contributed by atoms with Crippen LogP contribution in [0.25, 0.3) is 10.9 Å². The van der Waals surface area contributed by atoms with Crippen LogP contribution >= 0.6 is 11.6 Å². The third kappa shape index (κ3) is 3.17. The second-order valence-electron chi connectivity index (χ2n) is 5.03. The Morgan fingerprint density at radius 3 is 2.76 bits per heavy atom. The number of pyridine rings is 1. The number of fused-ring (bicyclic) bond motifs is 1. The van der Waals surface area contributed by atoms with E-state index in [1.165, 1.54) is 5.56 Å². The summed E-state index contributed by atoms with van der Waals surface area (Å²) in [5, 5.41) is 1.14. The molecule has 106 valence electrons. The van der Waals surface area contributed by atoms with Crippen molar-refractivity contribution in [3.8, 4) is 5.75 Å². The van der Waals surface area contributed by atoms with Crippen LogP contribution in [0.1, 0.15) is 16.8 Å². The normalized spacial score (nSPS) is 10.8. The zero-order chi connectivity index (χ0) is 14.7. The molecule has 2 aromatic carbocycles. The zero-order valence-corrected chi connectivity index (χ0v) is 12.6. The van der Waals surface area contributed by atoms with Crippen LogP contribution in [0.2, 0.25) is 0 Å². The van der Waals surface area contributed by atoms with Crippen molar-refractivity contribution in [3.05, 3.63) is 71.4 Å². The van der Waals surface area contributed by atoms with E-state index in [9.17, 15) is 0 Å². The highest BCUT2D eigenvalue weighted by atomic mass is 35.5. The Morgan fingerprint density at radius 1 is 1.05 bits per heavy atom. The molecule has 0 atom stereocenters. The predicted octanol–water partition coefficient (Wildman–Crippen LogP) is 4.86. The van der Waals surface area contributed by atoms with Crippen LogP contribution in [0.3, 0.4) is 0 Å². The number of hydrogen-bond acceptors (Lipinski definition) is 2. The van der Waals surface area contributed by atoms with E-state index in [2.05, 4.69) is 23.2 Å². The van der Waals surface area contributed by atoms with Crippen LogP contribution in [0.4, 0.5) is 0 Å². The molecule has 0 aliphatic heterocycles. The van der Waals surface area contributed by atoms with Crippen LogP contribution < -0.4 is 4.74 Å². The highest BCUT2D eigenvalue weighted by Crippen LogP contribution is 2.23. The van der Waals surface area contributed by atoms with E-state index in [-0.39, 0.29) is 0 Å². The lowest BCUT2D eigenvalue weighted by Gasteiger charge is -2.11. The number of aromatic nitrogens is 1. The summed E-state index contributed by atoms with van der Waals surface area (Å²) in [5.41, 5.74) is 4.09. The Kier molecular flexibility index (Phi) is 4.07. The van der Waals surface area contributed by atoms with Crippen LogP contribution in [0, 0.1) is 6.92 Å². The van der Waals surface area contributed by atoms with Gasteiger partial charge in [-0.05, 0) is 25.1 Å². The predicted molar refractivity (Wildman–Crippen MR) is 86.8 cm³/mol. The zero-order valence-electron chi connectivity index (χ0n) is 11.8. The average molecular weight is 298 g/mol. The highest BCUT2D eigenvalue weighted by Gasteiger charge is 2.05. The molecule has 3 heteroatoms. The van der Waals surface area contributed by atoms with Crippen LogP contribution in [0.15, 0.2) is 54.6 Å². The van der Waals surface area contributed by atoms with Gasteiger partial charge in [-0.2, -0.15) is 0 Å². The Morgan fingerprint density at radius 2 is 1.90 bits per heavy atom. The highest BCUT2D eigenvalue weighted by molar-refractivity contribution is 6.17. The minimum absolute atomic E-state index is 0.442. The third-order valence-electron chi connectivity index (χ3n) is 3.39. The molecule has 3 rings (SSSR count). The second-order valence-corrected chi connectivity index (χ2v) is 5.30. The molecule has 0 saturated carbocycles. The molecule has 0 amide bonds. The quantitative estimate of drug-likeness (QED) is 0.642. The number of halogens is 1. The fraction of sp³-hybridized carbons (Fsp3) is 0.167. The fourth-order valence-corrected chi connectivity index (χ4v) is 2.50. The Balaban J connectivity index is 1.80. The first-order chi connectivity index (χ1) is 10.3. The molecular weight excluding hydrogens is 282 g/mol. The lowest BCUT2D eigenvalue weighted by Crippen LogP contribution is -2.00. The van der Waals surface area contributed by atoms with Gasteiger partial charge in [0.15, 0.2) is 0 Å². The van der Waals surface area contributed by atoms with Crippen molar-refractivity contribution in [1.29, 1.82) is 0 Å². The molecule has 0 N–H and O–H groups in total. The van der Waals surface area contributed by atoms with Crippen molar-refractivity contribution in [2.45, 2.75) is 19.4 Å². The minimum atomic E-state index is 0.442. The Bertz CT molecular complexity index is 770. The van der Waals surface area contributed by atoms with Gasteiger partial charge < -0.3 is 4.74 Å². The summed E-state index contributed by atoms with van der Waals surface area (Å²) in [6, 6.07) is 18.2. The first-order valence-corrected chi connectivity index (χ1v) is 7.42. The standard InChI is InChI=1S/C18H16ClNO/c1-13-6-9-18(15(10-13)11-19)21-12-16-8-7-14-4-2-3-5-17(14)20-16/h2-10H,11-12H2,1H3. The van der Waals surface area contributed by atoms with Crippen molar-refractivity contribution >= 4 is 22.5 Å². The smallest absolute Gasteiger partial charge is 0.130 e. The molecule has 0 radical (unpaired) electrons. The van der Waals surface area contributed by atoms with E-state index in [1.807, 2.05) is 43.3 Å².